The van der Waals surface area contributed by atoms with Gasteiger partial charge in [-0.25, -0.2) is 4.79 Å². The summed E-state index contributed by atoms with van der Waals surface area (Å²) >= 11 is 1.52. The molecule has 0 aromatic heterocycles. The minimum absolute atomic E-state index is 0.505. The molecule has 1 aromatic rings. The number of carbonyl (C=O) groups is 1. The van der Waals surface area contributed by atoms with Crippen molar-refractivity contribution in [3.63, 3.8) is 0 Å². The monoisotopic (exact) mass is 249 g/mol. The lowest BCUT2D eigenvalue weighted by Crippen LogP contribution is -2.33. The Bertz CT molecular complexity index is 510. The van der Waals surface area contributed by atoms with Gasteiger partial charge in [0, 0.05) is 11.3 Å². The Hall–Kier alpha value is -1.29. The summed E-state index contributed by atoms with van der Waals surface area (Å²) in [4.78, 5) is 15.5. The number of nitrogens with zero attached hydrogens (tertiary/aromatic N) is 1. The van der Waals surface area contributed by atoms with Gasteiger partial charge in [-0.15, -0.1) is 11.8 Å². The van der Waals surface area contributed by atoms with Gasteiger partial charge in [-0.1, -0.05) is 23.8 Å². The summed E-state index contributed by atoms with van der Waals surface area (Å²) in [6, 6.07) is 6.14. The van der Waals surface area contributed by atoms with Crippen molar-refractivity contribution in [2.24, 2.45) is 4.99 Å². The number of carboxylic acid groups (broad SMARTS) is 1. The molecule has 3 nitrogen and oxygen atoms in total. The molecule has 4 heteroatoms. The molecule has 90 valence electrons. The van der Waals surface area contributed by atoms with Gasteiger partial charge in [0.2, 0.25) is 0 Å². The molecule has 17 heavy (non-hydrogen) atoms. The predicted molar refractivity (Wildman–Crippen MR) is 71.0 cm³/mol. The summed E-state index contributed by atoms with van der Waals surface area (Å²) in [5, 5.41) is 9.97. The van der Waals surface area contributed by atoms with Gasteiger partial charge in [-0.2, -0.15) is 0 Å². The SMILES string of the molecule is Cc1ccc(C2=N[C@@](C)(C(=O)O)CS2)c(C)c1. The van der Waals surface area contributed by atoms with E-state index in [2.05, 4.69) is 11.1 Å². The number of hydrogen-bond donors (Lipinski definition) is 1. The summed E-state index contributed by atoms with van der Waals surface area (Å²) in [7, 11) is 0. The molecular weight excluding hydrogens is 234 g/mol. The average Bonchev–Trinajstić information content (AvgIpc) is 2.62. The van der Waals surface area contributed by atoms with Crippen LogP contribution in [0.2, 0.25) is 0 Å². The molecular formula is C13H15NO2S. The summed E-state index contributed by atoms with van der Waals surface area (Å²) < 4.78 is 0. The quantitative estimate of drug-likeness (QED) is 0.876. The van der Waals surface area contributed by atoms with Crippen LogP contribution in [0.25, 0.3) is 0 Å². The van der Waals surface area contributed by atoms with Crippen molar-refractivity contribution < 1.29 is 9.90 Å². The van der Waals surface area contributed by atoms with Gasteiger partial charge in [0.25, 0.3) is 0 Å². The number of carboxylic acids is 1. The van der Waals surface area contributed by atoms with E-state index in [1.807, 2.05) is 26.0 Å². The fourth-order valence-corrected chi connectivity index (χ4v) is 3.06. The van der Waals surface area contributed by atoms with Crippen molar-refractivity contribution in [1.29, 1.82) is 0 Å². The van der Waals surface area contributed by atoms with Crippen LogP contribution >= 0.6 is 11.8 Å². The molecule has 0 fully saturated rings. The zero-order valence-electron chi connectivity index (χ0n) is 10.2. The zero-order chi connectivity index (χ0) is 12.6. The van der Waals surface area contributed by atoms with Crippen molar-refractivity contribution in [2.45, 2.75) is 26.3 Å². The predicted octanol–water partition coefficient (Wildman–Crippen LogP) is 2.64. The Morgan fingerprint density at radius 2 is 2.18 bits per heavy atom. The Balaban J connectivity index is 2.40. The van der Waals surface area contributed by atoms with Crippen molar-refractivity contribution >= 4 is 22.8 Å². The van der Waals surface area contributed by atoms with Gasteiger partial charge in [-0.3, -0.25) is 4.99 Å². The number of thioether (sulfide) groups is 1. The Morgan fingerprint density at radius 3 is 2.71 bits per heavy atom. The standard InChI is InChI=1S/C13H15NO2S/c1-8-4-5-10(9(2)6-8)11-14-13(3,7-17-11)12(15)16/h4-6H,7H2,1-3H3,(H,15,16)/t13-/m1/s1. The van der Waals surface area contributed by atoms with Crippen LogP contribution in [0.3, 0.4) is 0 Å². The second kappa shape index (κ2) is 4.18. The van der Waals surface area contributed by atoms with Crippen LogP contribution in [0, 0.1) is 13.8 Å². The summed E-state index contributed by atoms with van der Waals surface area (Å²) in [6.45, 7) is 5.74. The Morgan fingerprint density at radius 1 is 1.47 bits per heavy atom. The van der Waals surface area contributed by atoms with E-state index in [4.69, 9.17) is 5.11 Å². The fourth-order valence-electron chi connectivity index (χ4n) is 1.80. The molecule has 0 aliphatic carbocycles. The number of aryl methyl sites for hydroxylation is 2. The van der Waals surface area contributed by atoms with Crippen molar-refractivity contribution in [3.05, 3.63) is 34.9 Å². The zero-order valence-corrected chi connectivity index (χ0v) is 11.0. The molecule has 1 heterocycles. The highest BCUT2D eigenvalue weighted by Crippen LogP contribution is 2.32. The van der Waals surface area contributed by atoms with Crippen molar-refractivity contribution in [3.8, 4) is 0 Å². The molecule has 0 radical (unpaired) electrons. The largest absolute Gasteiger partial charge is 0.479 e. The molecule has 0 spiro atoms. The van der Waals surface area contributed by atoms with Gasteiger partial charge in [0.1, 0.15) is 0 Å². The first-order valence-corrected chi connectivity index (χ1v) is 6.44. The minimum Gasteiger partial charge on any atom is -0.479 e. The lowest BCUT2D eigenvalue weighted by Gasteiger charge is -2.11. The number of rotatable bonds is 2. The topological polar surface area (TPSA) is 49.7 Å². The van der Waals surface area contributed by atoms with Crippen molar-refractivity contribution in [2.75, 3.05) is 5.75 Å². The highest BCUT2D eigenvalue weighted by atomic mass is 32.2. The van der Waals surface area contributed by atoms with Gasteiger partial charge in [0.05, 0.1) is 5.04 Å². The van der Waals surface area contributed by atoms with Crippen LogP contribution in [0.15, 0.2) is 23.2 Å². The lowest BCUT2D eigenvalue weighted by atomic mass is 10.1. The fraction of sp³-hybridized carbons (Fsp3) is 0.385. The number of hydrogen-bond acceptors (Lipinski definition) is 3. The third-order valence-corrected chi connectivity index (χ3v) is 4.20. The highest BCUT2D eigenvalue weighted by molar-refractivity contribution is 8.14. The molecule has 1 atom stereocenters. The van der Waals surface area contributed by atoms with Crippen LogP contribution in [-0.2, 0) is 4.79 Å². The summed E-state index contributed by atoms with van der Waals surface area (Å²) in [6.07, 6.45) is 0. The first-order chi connectivity index (χ1) is 7.92. The Labute approximate surface area is 105 Å². The van der Waals surface area contributed by atoms with Crippen LogP contribution in [0.1, 0.15) is 23.6 Å². The third-order valence-electron chi connectivity index (χ3n) is 2.91. The van der Waals surface area contributed by atoms with E-state index in [1.165, 1.54) is 17.3 Å². The lowest BCUT2D eigenvalue weighted by molar-refractivity contribution is -0.141. The van der Waals surface area contributed by atoms with Crippen LogP contribution < -0.4 is 0 Å². The molecule has 1 N–H and O–H groups in total. The van der Waals surface area contributed by atoms with E-state index in [-0.39, 0.29) is 0 Å². The average molecular weight is 249 g/mol. The van der Waals surface area contributed by atoms with Gasteiger partial charge < -0.3 is 5.11 Å². The van der Waals surface area contributed by atoms with Crippen LogP contribution in [-0.4, -0.2) is 27.4 Å². The van der Waals surface area contributed by atoms with E-state index in [9.17, 15) is 4.79 Å². The highest BCUT2D eigenvalue weighted by Gasteiger charge is 2.38. The van der Waals surface area contributed by atoms with E-state index >= 15 is 0 Å². The molecule has 0 amide bonds. The third kappa shape index (κ3) is 2.22. The minimum atomic E-state index is -0.975. The number of aliphatic imine (C=N–C) groups is 1. The van der Waals surface area contributed by atoms with E-state index in [0.717, 1.165) is 16.2 Å². The summed E-state index contributed by atoms with van der Waals surface area (Å²) in [5.41, 5.74) is 2.42. The first-order valence-electron chi connectivity index (χ1n) is 5.46. The molecule has 0 unspecified atom stereocenters. The summed E-state index contributed by atoms with van der Waals surface area (Å²) in [5.74, 6) is -0.352. The van der Waals surface area contributed by atoms with Crippen LogP contribution in [0.5, 0.6) is 0 Å². The second-order valence-electron chi connectivity index (χ2n) is 4.60. The van der Waals surface area contributed by atoms with E-state index < -0.39 is 11.5 Å². The van der Waals surface area contributed by atoms with Crippen molar-refractivity contribution in [1.82, 2.24) is 0 Å². The molecule has 0 saturated heterocycles. The second-order valence-corrected chi connectivity index (χ2v) is 5.57. The van der Waals surface area contributed by atoms with E-state index in [1.54, 1.807) is 6.92 Å². The molecule has 0 bridgehead atoms. The van der Waals surface area contributed by atoms with E-state index in [0.29, 0.717) is 5.75 Å². The number of benzene rings is 1. The van der Waals surface area contributed by atoms with Gasteiger partial charge >= 0.3 is 5.97 Å². The smallest absolute Gasteiger partial charge is 0.332 e. The molecule has 1 aliphatic rings. The Kier molecular flexibility index (Phi) is 3.00. The maximum atomic E-state index is 11.1. The van der Waals surface area contributed by atoms with Gasteiger partial charge in [-0.05, 0) is 26.3 Å². The van der Waals surface area contributed by atoms with Crippen LogP contribution in [0.4, 0.5) is 0 Å². The molecule has 1 aliphatic heterocycles. The van der Waals surface area contributed by atoms with Gasteiger partial charge in [0.15, 0.2) is 5.54 Å². The maximum Gasteiger partial charge on any atom is 0.332 e. The normalized spacial score (nSPS) is 23.6. The maximum absolute atomic E-state index is 11.1. The molecule has 0 saturated carbocycles. The molecule has 1 aromatic carbocycles. The molecule has 2 rings (SSSR count). The number of aliphatic carboxylic acids is 1. The first kappa shape index (κ1) is 12.2.